The fourth-order valence-electron chi connectivity index (χ4n) is 1.73. The summed E-state index contributed by atoms with van der Waals surface area (Å²) in [5.74, 6) is -2.68. The molecule has 0 spiro atoms. The Morgan fingerprint density at radius 2 is 2.00 bits per heavy atom. The molecule has 1 aromatic carbocycles. The molecule has 1 rings (SSSR count). The van der Waals surface area contributed by atoms with Gasteiger partial charge in [0.2, 0.25) is 0 Å². The van der Waals surface area contributed by atoms with E-state index in [1.807, 2.05) is 25.1 Å². The summed E-state index contributed by atoms with van der Waals surface area (Å²) in [6, 6.07) is 7.31. The Labute approximate surface area is 99.9 Å². The van der Waals surface area contributed by atoms with Crippen LogP contribution in [0.25, 0.3) is 0 Å². The minimum absolute atomic E-state index is 0.123. The third kappa shape index (κ3) is 3.90. The highest BCUT2D eigenvalue weighted by molar-refractivity contribution is 5.77. The number of benzene rings is 1. The van der Waals surface area contributed by atoms with E-state index in [-0.39, 0.29) is 12.8 Å². The first-order chi connectivity index (χ1) is 8.04. The molecular formula is C13H16O4. The SMILES string of the molecule is CCc1cccc(C(CCC(=O)O)C(=O)O)c1. The van der Waals surface area contributed by atoms with Gasteiger partial charge in [-0.15, -0.1) is 0 Å². The second-order valence-electron chi connectivity index (χ2n) is 3.92. The molecule has 0 aromatic heterocycles. The average molecular weight is 236 g/mol. The standard InChI is InChI=1S/C13H16O4/c1-2-9-4-3-5-10(8-9)11(13(16)17)6-7-12(14)15/h3-5,8,11H,2,6-7H2,1H3,(H,14,15)(H,16,17). The van der Waals surface area contributed by atoms with Crippen molar-refractivity contribution >= 4 is 11.9 Å². The van der Waals surface area contributed by atoms with Crippen LogP contribution in [0.3, 0.4) is 0 Å². The molecule has 4 nitrogen and oxygen atoms in total. The second kappa shape index (κ2) is 6.03. The third-order valence-corrected chi connectivity index (χ3v) is 2.71. The maximum atomic E-state index is 11.1. The van der Waals surface area contributed by atoms with Crippen molar-refractivity contribution in [3.63, 3.8) is 0 Å². The normalized spacial score (nSPS) is 12.1. The molecule has 0 aliphatic carbocycles. The molecule has 1 atom stereocenters. The molecule has 0 bridgehead atoms. The minimum Gasteiger partial charge on any atom is -0.481 e. The third-order valence-electron chi connectivity index (χ3n) is 2.71. The van der Waals surface area contributed by atoms with Gasteiger partial charge in [0.25, 0.3) is 0 Å². The topological polar surface area (TPSA) is 74.6 Å². The van der Waals surface area contributed by atoms with E-state index in [9.17, 15) is 9.59 Å². The van der Waals surface area contributed by atoms with Crippen LogP contribution in [0.15, 0.2) is 24.3 Å². The van der Waals surface area contributed by atoms with E-state index in [2.05, 4.69) is 0 Å². The lowest BCUT2D eigenvalue weighted by molar-refractivity contribution is -0.140. The zero-order valence-corrected chi connectivity index (χ0v) is 9.72. The van der Waals surface area contributed by atoms with Gasteiger partial charge in [-0.25, -0.2) is 0 Å². The number of carboxylic acid groups (broad SMARTS) is 2. The van der Waals surface area contributed by atoms with Gasteiger partial charge >= 0.3 is 11.9 Å². The van der Waals surface area contributed by atoms with Crippen LogP contribution in [-0.2, 0) is 16.0 Å². The number of carbonyl (C=O) groups is 2. The largest absolute Gasteiger partial charge is 0.481 e. The molecule has 17 heavy (non-hydrogen) atoms. The summed E-state index contributed by atoms with van der Waals surface area (Å²) in [6.07, 6.45) is 0.824. The monoisotopic (exact) mass is 236 g/mol. The molecule has 0 saturated heterocycles. The summed E-state index contributed by atoms with van der Waals surface area (Å²) in [6.45, 7) is 1.99. The highest BCUT2D eigenvalue weighted by Gasteiger charge is 2.20. The molecule has 0 aliphatic heterocycles. The summed E-state index contributed by atoms with van der Waals surface area (Å²) in [5, 5.41) is 17.7. The van der Waals surface area contributed by atoms with Gasteiger partial charge in [-0.2, -0.15) is 0 Å². The first kappa shape index (κ1) is 13.2. The Morgan fingerprint density at radius 3 is 2.53 bits per heavy atom. The minimum atomic E-state index is -0.973. The van der Waals surface area contributed by atoms with Crippen molar-refractivity contribution in [1.82, 2.24) is 0 Å². The smallest absolute Gasteiger partial charge is 0.310 e. The average Bonchev–Trinajstić information content (AvgIpc) is 2.28. The number of hydrogen-bond donors (Lipinski definition) is 2. The Morgan fingerprint density at radius 1 is 1.29 bits per heavy atom. The summed E-state index contributed by atoms with van der Waals surface area (Å²) in [4.78, 5) is 21.6. The molecule has 0 heterocycles. The van der Waals surface area contributed by atoms with Crippen LogP contribution in [0.1, 0.15) is 36.8 Å². The van der Waals surface area contributed by atoms with E-state index in [1.165, 1.54) is 0 Å². The molecule has 0 fully saturated rings. The fourth-order valence-corrected chi connectivity index (χ4v) is 1.73. The fraction of sp³-hybridized carbons (Fsp3) is 0.385. The molecule has 0 radical (unpaired) electrons. The van der Waals surface area contributed by atoms with Gasteiger partial charge in [0.05, 0.1) is 5.92 Å². The lowest BCUT2D eigenvalue weighted by Gasteiger charge is -2.12. The van der Waals surface area contributed by atoms with E-state index in [4.69, 9.17) is 10.2 Å². The summed E-state index contributed by atoms with van der Waals surface area (Å²) in [5.41, 5.74) is 1.74. The van der Waals surface area contributed by atoms with Crippen molar-refractivity contribution in [3.8, 4) is 0 Å². The predicted octanol–water partition coefficient (Wildman–Crippen LogP) is 2.28. The quantitative estimate of drug-likeness (QED) is 0.794. The van der Waals surface area contributed by atoms with Crippen molar-refractivity contribution in [1.29, 1.82) is 0 Å². The van der Waals surface area contributed by atoms with E-state index in [1.54, 1.807) is 6.07 Å². The number of rotatable bonds is 6. The van der Waals surface area contributed by atoms with Gasteiger partial charge in [0.15, 0.2) is 0 Å². The molecule has 0 amide bonds. The van der Waals surface area contributed by atoms with E-state index in [0.29, 0.717) is 5.56 Å². The molecular weight excluding hydrogens is 220 g/mol. The van der Waals surface area contributed by atoms with Crippen molar-refractivity contribution in [2.24, 2.45) is 0 Å². The van der Waals surface area contributed by atoms with Crippen LogP contribution >= 0.6 is 0 Å². The highest BCUT2D eigenvalue weighted by atomic mass is 16.4. The van der Waals surface area contributed by atoms with E-state index in [0.717, 1.165) is 12.0 Å². The van der Waals surface area contributed by atoms with Crippen LogP contribution in [0.4, 0.5) is 0 Å². The van der Waals surface area contributed by atoms with Crippen molar-refractivity contribution in [2.75, 3.05) is 0 Å². The number of hydrogen-bond acceptors (Lipinski definition) is 2. The van der Waals surface area contributed by atoms with Crippen LogP contribution in [0, 0.1) is 0 Å². The Kier molecular flexibility index (Phi) is 4.69. The van der Waals surface area contributed by atoms with Crippen LogP contribution < -0.4 is 0 Å². The number of carboxylic acids is 2. The van der Waals surface area contributed by atoms with Crippen molar-refractivity contribution in [3.05, 3.63) is 35.4 Å². The van der Waals surface area contributed by atoms with Crippen molar-refractivity contribution in [2.45, 2.75) is 32.1 Å². The lowest BCUT2D eigenvalue weighted by atomic mass is 9.92. The first-order valence-corrected chi connectivity index (χ1v) is 5.58. The highest BCUT2D eigenvalue weighted by Crippen LogP contribution is 2.22. The van der Waals surface area contributed by atoms with Gasteiger partial charge in [0.1, 0.15) is 0 Å². The first-order valence-electron chi connectivity index (χ1n) is 5.58. The van der Waals surface area contributed by atoms with Gasteiger partial charge in [-0.3, -0.25) is 9.59 Å². The molecule has 0 saturated carbocycles. The molecule has 4 heteroatoms. The molecule has 92 valence electrons. The lowest BCUT2D eigenvalue weighted by Crippen LogP contribution is -2.13. The number of aryl methyl sites for hydroxylation is 1. The van der Waals surface area contributed by atoms with Gasteiger partial charge in [-0.1, -0.05) is 31.2 Å². The van der Waals surface area contributed by atoms with E-state index < -0.39 is 17.9 Å². The maximum absolute atomic E-state index is 11.1. The van der Waals surface area contributed by atoms with Crippen LogP contribution in [-0.4, -0.2) is 22.2 Å². The maximum Gasteiger partial charge on any atom is 0.310 e. The molecule has 0 aliphatic rings. The second-order valence-corrected chi connectivity index (χ2v) is 3.92. The Bertz CT molecular complexity index is 412. The molecule has 1 aromatic rings. The predicted molar refractivity (Wildman–Crippen MR) is 63.1 cm³/mol. The van der Waals surface area contributed by atoms with Gasteiger partial charge < -0.3 is 10.2 Å². The zero-order valence-electron chi connectivity index (χ0n) is 9.72. The summed E-state index contributed by atoms with van der Waals surface area (Å²) in [7, 11) is 0. The van der Waals surface area contributed by atoms with E-state index >= 15 is 0 Å². The molecule has 1 unspecified atom stereocenters. The summed E-state index contributed by atoms with van der Waals surface area (Å²) >= 11 is 0. The van der Waals surface area contributed by atoms with Crippen LogP contribution in [0.2, 0.25) is 0 Å². The van der Waals surface area contributed by atoms with Gasteiger partial charge in [-0.05, 0) is 24.0 Å². The van der Waals surface area contributed by atoms with Crippen LogP contribution in [0.5, 0.6) is 0 Å². The molecule has 2 N–H and O–H groups in total. The Hall–Kier alpha value is -1.84. The summed E-state index contributed by atoms with van der Waals surface area (Å²) < 4.78 is 0. The van der Waals surface area contributed by atoms with Gasteiger partial charge in [0, 0.05) is 6.42 Å². The Balaban J connectivity index is 2.88. The zero-order chi connectivity index (χ0) is 12.8. The van der Waals surface area contributed by atoms with Crippen molar-refractivity contribution < 1.29 is 19.8 Å². The number of aliphatic carboxylic acids is 2.